The summed E-state index contributed by atoms with van der Waals surface area (Å²) in [6.45, 7) is 0.531. The number of carbonyl (C=O) groups is 1. The smallest absolute Gasteiger partial charge is 0.188 e. The van der Waals surface area contributed by atoms with Crippen molar-refractivity contribution in [2.45, 2.75) is 13.0 Å². The van der Waals surface area contributed by atoms with Gasteiger partial charge in [0.1, 0.15) is 11.4 Å². The molecule has 1 N–H and O–H groups in total. The summed E-state index contributed by atoms with van der Waals surface area (Å²) in [5, 5.41) is 21.1. The molecule has 2 aromatic heterocycles. The van der Waals surface area contributed by atoms with Crippen molar-refractivity contribution in [1.29, 1.82) is 5.26 Å². The predicted octanol–water partition coefficient (Wildman–Crippen LogP) is 3.11. The summed E-state index contributed by atoms with van der Waals surface area (Å²) < 4.78 is 7.12. The van der Waals surface area contributed by atoms with Crippen LogP contribution in [0.15, 0.2) is 54.9 Å². The van der Waals surface area contributed by atoms with Gasteiger partial charge in [0, 0.05) is 12.6 Å². The third-order valence-electron chi connectivity index (χ3n) is 4.49. The number of fused-ring (bicyclic) bond motifs is 1. The van der Waals surface area contributed by atoms with E-state index in [4.69, 9.17) is 10.00 Å². The molecule has 4 rings (SSSR count). The van der Waals surface area contributed by atoms with Crippen molar-refractivity contribution in [2.75, 3.05) is 7.11 Å². The summed E-state index contributed by atoms with van der Waals surface area (Å²) in [6.07, 6.45) is 3.71. The molecule has 0 fully saturated rings. The van der Waals surface area contributed by atoms with Gasteiger partial charge in [0.05, 0.1) is 42.4 Å². The average Bonchev–Trinajstić information content (AvgIpc) is 3.34. The summed E-state index contributed by atoms with van der Waals surface area (Å²) in [4.78, 5) is 12.8. The fourth-order valence-corrected chi connectivity index (χ4v) is 3.19. The molecular weight excluding hydrogens is 354 g/mol. The van der Waals surface area contributed by atoms with E-state index < -0.39 is 0 Å². The number of nitriles is 1. The SMILES string of the molecule is COc1cccc2[nH]nc(C(=O)Cc3cnn(Cc4cccc(C#N)c4)c3)c12. The molecule has 0 bridgehead atoms. The minimum Gasteiger partial charge on any atom is -0.496 e. The van der Waals surface area contributed by atoms with Gasteiger partial charge in [0.15, 0.2) is 5.78 Å². The third kappa shape index (κ3) is 3.35. The topological polar surface area (TPSA) is 96.6 Å². The molecule has 4 aromatic rings. The van der Waals surface area contributed by atoms with Crippen molar-refractivity contribution in [2.24, 2.45) is 0 Å². The minimum atomic E-state index is -0.109. The Kier molecular flexibility index (Phi) is 4.60. The first-order chi connectivity index (χ1) is 13.7. The Bertz CT molecular complexity index is 1200. The van der Waals surface area contributed by atoms with E-state index in [0.717, 1.165) is 16.6 Å². The fraction of sp³-hybridized carbons (Fsp3) is 0.143. The number of ether oxygens (including phenoxy) is 1. The lowest BCUT2D eigenvalue weighted by Crippen LogP contribution is -2.05. The summed E-state index contributed by atoms with van der Waals surface area (Å²) in [5.74, 6) is 0.504. The quantitative estimate of drug-likeness (QED) is 0.525. The van der Waals surface area contributed by atoms with E-state index >= 15 is 0 Å². The van der Waals surface area contributed by atoms with Gasteiger partial charge in [-0.3, -0.25) is 14.6 Å². The Morgan fingerprint density at radius 3 is 2.93 bits per heavy atom. The van der Waals surface area contributed by atoms with Gasteiger partial charge >= 0.3 is 0 Å². The molecule has 0 amide bonds. The first kappa shape index (κ1) is 17.5. The molecule has 7 nitrogen and oxygen atoms in total. The number of nitrogens with one attached hydrogen (secondary N) is 1. The highest BCUT2D eigenvalue weighted by Gasteiger charge is 2.18. The molecule has 7 heteroatoms. The second kappa shape index (κ2) is 7.37. The van der Waals surface area contributed by atoms with Crippen LogP contribution in [0.25, 0.3) is 10.9 Å². The van der Waals surface area contributed by atoms with Gasteiger partial charge in [-0.05, 0) is 35.4 Å². The second-order valence-corrected chi connectivity index (χ2v) is 6.41. The molecule has 0 aliphatic heterocycles. The normalized spacial score (nSPS) is 10.7. The molecule has 28 heavy (non-hydrogen) atoms. The monoisotopic (exact) mass is 371 g/mol. The highest BCUT2D eigenvalue weighted by atomic mass is 16.5. The lowest BCUT2D eigenvalue weighted by Gasteiger charge is -2.03. The lowest BCUT2D eigenvalue weighted by atomic mass is 10.1. The van der Waals surface area contributed by atoms with Crippen molar-refractivity contribution in [3.8, 4) is 11.8 Å². The van der Waals surface area contributed by atoms with Crippen LogP contribution in [0.4, 0.5) is 0 Å². The van der Waals surface area contributed by atoms with Crippen LogP contribution in [0.3, 0.4) is 0 Å². The van der Waals surface area contributed by atoms with E-state index in [0.29, 0.717) is 28.9 Å². The molecule has 0 saturated heterocycles. The average molecular weight is 371 g/mol. The zero-order valence-corrected chi connectivity index (χ0v) is 15.2. The molecule has 0 aliphatic carbocycles. The molecule has 138 valence electrons. The van der Waals surface area contributed by atoms with E-state index in [9.17, 15) is 4.79 Å². The molecule has 0 aliphatic rings. The maximum absolute atomic E-state index is 12.8. The molecule has 0 unspecified atom stereocenters. The van der Waals surface area contributed by atoms with Crippen molar-refractivity contribution >= 4 is 16.7 Å². The second-order valence-electron chi connectivity index (χ2n) is 6.41. The summed E-state index contributed by atoms with van der Waals surface area (Å²) in [6, 6.07) is 15.0. The lowest BCUT2D eigenvalue weighted by molar-refractivity contribution is 0.0989. The minimum absolute atomic E-state index is 0.109. The number of aromatic amines is 1. The van der Waals surface area contributed by atoms with Crippen molar-refractivity contribution in [3.63, 3.8) is 0 Å². The predicted molar refractivity (Wildman–Crippen MR) is 103 cm³/mol. The number of ketones is 1. The third-order valence-corrected chi connectivity index (χ3v) is 4.49. The number of benzene rings is 2. The summed E-state index contributed by atoms with van der Waals surface area (Å²) in [5.41, 5.74) is 3.51. The van der Waals surface area contributed by atoms with E-state index in [-0.39, 0.29) is 12.2 Å². The summed E-state index contributed by atoms with van der Waals surface area (Å²) in [7, 11) is 1.57. The first-order valence-corrected chi connectivity index (χ1v) is 8.72. The number of rotatable bonds is 6. The van der Waals surface area contributed by atoms with Crippen LogP contribution < -0.4 is 4.74 Å². The van der Waals surface area contributed by atoms with Crippen LogP contribution in [0.5, 0.6) is 5.75 Å². The number of carbonyl (C=O) groups excluding carboxylic acids is 1. The number of Topliss-reactive ketones (excluding diaryl/α,β-unsaturated/α-hetero) is 1. The number of methoxy groups -OCH3 is 1. The Labute approximate surface area is 161 Å². The van der Waals surface area contributed by atoms with Crippen LogP contribution >= 0.6 is 0 Å². The number of hydrogen-bond acceptors (Lipinski definition) is 5. The molecule has 0 saturated carbocycles. The van der Waals surface area contributed by atoms with Gasteiger partial charge in [-0.15, -0.1) is 0 Å². The zero-order chi connectivity index (χ0) is 19.5. The first-order valence-electron chi connectivity index (χ1n) is 8.72. The van der Waals surface area contributed by atoms with Crippen LogP contribution in [0.2, 0.25) is 0 Å². The Balaban J connectivity index is 1.53. The molecule has 0 atom stereocenters. The molecule has 0 radical (unpaired) electrons. The van der Waals surface area contributed by atoms with Gasteiger partial charge < -0.3 is 4.74 Å². The number of H-pyrrole nitrogens is 1. The van der Waals surface area contributed by atoms with Crippen LogP contribution in [-0.4, -0.2) is 32.9 Å². The van der Waals surface area contributed by atoms with Gasteiger partial charge in [-0.1, -0.05) is 18.2 Å². The Morgan fingerprint density at radius 1 is 1.25 bits per heavy atom. The highest BCUT2D eigenvalue weighted by molar-refractivity contribution is 6.08. The zero-order valence-electron chi connectivity index (χ0n) is 15.2. The molecule has 2 aromatic carbocycles. The highest BCUT2D eigenvalue weighted by Crippen LogP contribution is 2.27. The number of hydrogen-bond donors (Lipinski definition) is 1. The largest absolute Gasteiger partial charge is 0.496 e. The molecular formula is C21H17N5O2. The number of nitrogens with zero attached hydrogens (tertiary/aromatic N) is 4. The summed E-state index contributed by atoms with van der Waals surface area (Å²) >= 11 is 0. The molecule has 0 spiro atoms. The van der Waals surface area contributed by atoms with Gasteiger partial charge in [-0.25, -0.2) is 0 Å². The maximum atomic E-state index is 12.8. The van der Waals surface area contributed by atoms with Crippen LogP contribution in [0.1, 0.15) is 27.2 Å². The van der Waals surface area contributed by atoms with Gasteiger partial charge in [0.2, 0.25) is 0 Å². The Morgan fingerprint density at radius 2 is 2.11 bits per heavy atom. The van der Waals surface area contributed by atoms with Crippen molar-refractivity contribution in [1.82, 2.24) is 20.0 Å². The van der Waals surface area contributed by atoms with Gasteiger partial charge in [-0.2, -0.15) is 15.5 Å². The van der Waals surface area contributed by atoms with Crippen LogP contribution in [0, 0.1) is 11.3 Å². The fourth-order valence-electron chi connectivity index (χ4n) is 3.19. The molecule has 2 heterocycles. The number of aromatic nitrogens is 4. The Hall–Kier alpha value is -3.92. The standard InChI is InChI=1S/C21H17N5O2/c1-28-19-7-3-6-17-20(19)21(25-24-17)18(27)9-16-11-23-26(13-16)12-15-5-2-4-14(8-15)10-22/h2-8,11,13H,9,12H2,1H3,(H,24,25). The van der Waals surface area contributed by atoms with Crippen molar-refractivity contribution < 1.29 is 9.53 Å². The van der Waals surface area contributed by atoms with E-state index in [1.165, 1.54) is 0 Å². The van der Waals surface area contributed by atoms with E-state index in [1.54, 1.807) is 24.1 Å². The van der Waals surface area contributed by atoms with Gasteiger partial charge in [0.25, 0.3) is 0 Å². The van der Waals surface area contributed by atoms with Crippen molar-refractivity contribution in [3.05, 3.63) is 77.2 Å². The van der Waals surface area contributed by atoms with E-state index in [2.05, 4.69) is 21.4 Å². The van der Waals surface area contributed by atoms with Crippen LogP contribution in [-0.2, 0) is 13.0 Å². The van der Waals surface area contributed by atoms with E-state index in [1.807, 2.05) is 42.6 Å². The maximum Gasteiger partial charge on any atom is 0.188 e.